The molecule has 2 heterocycles. The molecule has 1 aliphatic heterocycles. The first-order valence-electron chi connectivity index (χ1n) is 11.7. The summed E-state index contributed by atoms with van der Waals surface area (Å²) in [7, 11) is 0. The van der Waals surface area contributed by atoms with Crippen molar-refractivity contribution in [2.75, 3.05) is 0 Å². The Morgan fingerprint density at radius 1 is 0.795 bits per heavy atom. The first-order valence-corrected chi connectivity index (χ1v) is 11.7. The van der Waals surface area contributed by atoms with E-state index in [1.807, 2.05) is 0 Å². The van der Waals surface area contributed by atoms with Crippen LogP contribution in [0.4, 0.5) is 0 Å². The van der Waals surface area contributed by atoms with Crippen LogP contribution >= 0.6 is 0 Å². The van der Waals surface area contributed by atoms with Crippen LogP contribution in [0.25, 0.3) is 22.1 Å². The molecule has 4 aromatic carbocycles. The van der Waals surface area contributed by atoms with E-state index in [-0.39, 0.29) is 46.1 Å². The second kappa shape index (κ2) is 8.84. The molecular weight excluding hydrogens is 508 g/mol. The number of para-hydroxylation sites is 2. The number of esters is 1. The summed E-state index contributed by atoms with van der Waals surface area (Å²) in [5, 5.41) is 60.5. The number of aromatic nitrogens is 2. The van der Waals surface area contributed by atoms with Crippen molar-refractivity contribution in [3.8, 4) is 40.2 Å². The van der Waals surface area contributed by atoms with Crippen molar-refractivity contribution in [2.45, 2.75) is 18.6 Å². The van der Waals surface area contributed by atoms with Gasteiger partial charge in [-0.25, -0.2) is 14.8 Å². The van der Waals surface area contributed by atoms with E-state index in [0.29, 0.717) is 22.1 Å². The highest BCUT2D eigenvalue weighted by atomic mass is 16.6. The fourth-order valence-electron chi connectivity index (χ4n) is 4.65. The van der Waals surface area contributed by atoms with Crippen molar-refractivity contribution in [2.24, 2.45) is 0 Å². The number of phenols is 6. The third-order valence-electron chi connectivity index (χ3n) is 6.51. The smallest absolute Gasteiger partial charge is 0.338 e. The highest BCUT2D eigenvalue weighted by Crippen LogP contribution is 2.44. The lowest BCUT2D eigenvalue weighted by molar-refractivity contribution is -0.0188. The van der Waals surface area contributed by atoms with Gasteiger partial charge >= 0.3 is 5.97 Å². The molecule has 5 aromatic rings. The maximum absolute atomic E-state index is 13.0. The Labute approximate surface area is 219 Å². The Kier molecular flexibility index (Phi) is 5.42. The van der Waals surface area contributed by atoms with Gasteiger partial charge in [-0.05, 0) is 36.4 Å². The van der Waals surface area contributed by atoms with E-state index in [9.17, 15) is 35.4 Å². The minimum atomic E-state index is -1.08. The normalized spacial score (nSPS) is 16.5. The van der Waals surface area contributed by atoms with Crippen molar-refractivity contribution in [3.05, 3.63) is 77.4 Å². The van der Waals surface area contributed by atoms with Gasteiger partial charge in [0.2, 0.25) is 0 Å². The minimum Gasteiger partial charge on any atom is -0.508 e. The summed E-state index contributed by atoms with van der Waals surface area (Å²) in [6.45, 7) is 0. The van der Waals surface area contributed by atoms with E-state index < -0.39 is 35.4 Å². The Balaban J connectivity index is 1.44. The van der Waals surface area contributed by atoms with Crippen LogP contribution in [0, 0.1) is 0 Å². The number of rotatable bonds is 3. The number of fused-ring (bicyclic) bond motifs is 3. The van der Waals surface area contributed by atoms with Crippen LogP contribution < -0.4 is 4.74 Å². The summed E-state index contributed by atoms with van der Waals surface area (Å²) < 4.78 is 11.8. The molecule has 0 bridgehead atoms. The maximum atomic E-state index is 13.0. The quantitative estimate of drug-likeness (QED) is 0.113. The lowest BCUT2D eigenvalue weighted by Gasteiger charge is -2.34. The zero-order chi connectivity index (χ0) is 27.4. The molecule has 39 heavy (non-hydrogen) atoms. The van der Waals surface area contributed by atoms with Crippen LogP contribution in [0.5, 0.6) is 40.2 Å². The monoisotopic (exact) mass is 528 g/mol. The number of aromatic hydroxyl groups is 6. The van der Waals surface area contributed by atoms with Gasteiger partial charge in [-0.3, -0.25) is 0 Å². The maximum Gasteiger partial charge on any atom is 0.338 e. The summed E-state index contributed by atoms with van der Waals surface area (Å²) >= 11 is 0. The molecule has 0 saturated heterocycles. The molecule has 0 aliphatic carbocycles. The predicted octanol–water partition coefficient (Wildman–Crippen LogP) is 3.92. The number of phenolic OH excluding ortho intramolecular Hbond substituents is 6. The van der Waals surface area contributed by atoms with E-state index in [0.717, 1.165) is 18.2 Å². The number of hydrogen-bond acceptors (Lipinski definition) is 11. The van der Waals surface area contributed by atoms with Gasteiger partial charge in [-0.1, -0.05) is 12.1 Å². The number of hydrogen-bond donors (Lipinski definition) is 6. The van der Waals surface area contributed by atoms with Crippen LogP contribution in [-0.4, -0.2) is 52.7 Å². The number of benzene rings is 4. The zero-order valence-corrected chi connectivity index (χ0v) is 19.9. The number of nitrogens with zero attached hydrogens (tertiary/aromatic N) is 2. The fourth-order valence-corrected chi connectivity index (χ4v) is 4.65. The summed E-state index contributed by atoms with van der Waals surface area (Å²) in [5.74, 6) is -3.75. The second-order valence-corrected chi connectivity index (χ2v) is 9.11. The van der Waals surface area contributed by atoms with Crippen molar-refractivity contribution < 1.29 is 44.9 Å². The van der Waals surface area contributed by atoms with Crippen LogP contribution in [-0.2, 0) is 11.2 Å². The molecule has 0 fully saturated rings. The molecular formula is C28H20N2O9. The van der Waals surface area contributed by atoms with Gasteiger partial charge in [-0.2, -0.15) is 0 Å². The molecule has 1 aliphatic rings. The number of carbonyl (C=O) groups is 1. The van der Waals surface area contributed by atoms with Gasteiger partial charge in [0.1, 0.15) is 34.6 Å². The van der Waals surface area contributed by atoms with Gasteiger partial charge in [0.15, 0.2) is 23.4 Å². The molecule has 0 saturated carbocycles. The molecule has 0 amide bonds. The standard InChI is InChI=1S/C28H20N2O9/c31-14-9-19(32)15-11-24(39-28(37)13-7-21(34)26(36)22(35)8-13)27(38-23(15)10-14)12-5-18-25(20(33)6-12)30-17-4-2-1-3-16(17)29-18/h1-10,24,27,31-36H,11H2/t24-,27+/m1/s1. The van der Waals surface area contributed by atoms with Crippen molar-refractivity contribution >= 4 is 28.0 Å². The first-order chi connectivity index (χ1) is 18.7. The van der Waals surface area contributed by atoms with E-state index in [1.165, 1.54) is 12.1 Å². The molecule has 1 aromatic heterocycles. The van der Waals surface area contributed by atoms with Crippen LogP contribution in [0.1, 0.15) is 27.6 Å². The first kappa shape index (κ1) is 23.9. The topological polar surface area (TPSA) is 183 Å². The molecule has 0 radical (unpaired) electrons. The highest BCUT2D eigenvalue weighted by molar-refractivity contribution is 5.92. The summed E-state index contributed by atoms with van der Waals surface area (Å²) in [4.78, 5) is 22.1. The van der Waals surface area contributed by atoms with Gasteiger partial charge in [-0.15, -0.1) is 0 Å². The van der Waals surface area contributed by atoms with E-state index >= 15 is 0 Å². The molecule has 0 spiro atoms. The molecule has 0 unspecified atom stereocenters. The molecule has 11 heteroatoms. The van der Waals surface area contributed by atoms with Gasteiger partial charge < -0.3 is 40.1 Å². The number of ether oxygens (including phenoxy) is 2. The van der Waals surface area contributed by atoms with Crippen LogP contribution in [0.2, 0.25) is 0 Å². The predicted molar refractivity (Wildman–Crippen MR) is 136 cm³/mol. The second-order valence-electron chi connectivity index (χ2n) is 9.11. The molecule has 11 nitrogen and oxygen atoms in total. The Morgan fingerprint density at radius 3 is 2.21 bits per heavy atom. The average molecular weight is 528 g/mol. The Hall–Kier alpha value is -5.45. The SMILES string of the molecule is O=C(O[C@@H]1Cc2c(O)cc(O)cc2O[C@H]1c1cc(O)c2nc3ccccc3nc2c1)c1cc(O)c(O)c(O)c1. The third kappa shape index (κ3) is 4.15. The third-order valence-corrected chi connectivity index (χ3v) is 6.51. The van der Waals surface area contributed by atoms with Crippen molar-refractivity contribution in [1.82, 2.24) is 9.97 Å². The molecule has 6 N–H and O–H groups in total. The van der Waals surface area contributed by atoms with Gasteiger partial charge in [0.05, 0.1) is 22.1 Å². The lowest BCUT2D eigenvalue weighted by Crippen LogP contribution is -2.34. The highest BCUT2D eigenvalue weighted by Gasteiger charge is 2.37. The largest absolute Gasteiger partial charge is 0.508 e. The van der Waals surface area contributed by atoms with Crippen LogP contribution in [0.3, 0.4) is 0 Å². The Morgan fingerprint density at radius 2 is 1.49 bits per heavy atom. The van der Waals surface area contributed by atoms with Crippen molar-refractivity contribution in [3.63, 3.8) is 0 Å². The molecule has 2 atom stereocenters. The van der Waals surface area contributed by atoms with Gasteiger partial charge in [0.25, 0.3) is 0 Å². The summed E-state index contributed by atoms with van der Waals surface area (Å²) in [6, 6.07) is 14.5. The molecule has 196 valence electrons. The summed E-state index contributed by atoms with van der Waals surface area (Å²) in [6.07, 6.45) is -2.16. The molecule has 6 rings (SSSR count). The Bertz CT molecular complexity index is 1780. The summed E-state index contributed by atoms with van der Waals surface area (Å²) in [5.41, 5.74) is 2.19. The minimum absolute atomic E-state index is 0.0455. The van der Waals surface area contributed by atoms with Crippen LogP contribution in [0.15, 0.2) is 60.7 Å². The zero-order valence-electron chi connectivity index (χ0n) is 19.9. The number of carbonyl (C=O) groups excluding carboxylic acids is 1. The van der Waals surface area contributed by atoms with Gasteiger partial charge in [0, 0.05) is 29.7 Å². The van der Waals surface area contributed by atoms with Crippen molar-refractivity contribution in [1.29, 1.82) is 0 Å². The fraction of sp³-hybridized carbons (Fsp3) is 0.107. The van der Waals surface area contributed by atoms with E-state index in [4.69, 9.17) is 9.47 Å². The van der Waals surface area contributed by atoms with E-state index in [1.54, 1.807) is 30.3 Å². The average Bonchev–Trinajstić information content (AvgIpc) is 2.90. The lowest BCUT2D eigenvalue weighted by atomic mass is 9.93. The van der Waals surface area contributed by atoms with E-state index in [2.05, 4.69) is 9.97 Å².